The Morgan fingerprint density at radius 3 is 2.35 bits per heavy atom. The molecular formula is C26H32F4N6O. The van der Waals surface area contributed by atoms with Crippen molar-refractivity contribution >= 4 is 22.8 Å². The number of fused-ring (bicyclic) bond motifs is 1. The number of imidazole rings is 1. The molecule has 0 bridgehead atoms. The number of nitrogens with zero attached hydrogens (tertiary/aromatic N) is 5. The Labute approximate surface area is 213 Å². The van der Waals surface area contributed by atoms with Crippen molar-refractivity contribution in [3.8, 4) is 5.82 Å². The zero-order valence-corrected chi connectivity index (χ0v) is 20.6. The number of alkyl halides is 4. The van der Waals surface area contributed by atoms with Crippen LogP contribution in [0.2, 0.25) is 0 Å². The Hall–Kier alpha value is -2.95. The average molecular weight is 521 g/mol. The van der Waals surface area contributed by atoms with Crippen molar-refractivity contribution in [2.45, 2.75) is 44.6 Å². The summed E-state index contributed by atoms with van der Waals surface area (Å²) >= 11 is 0. The molecule has 0 radical (unpaired) electrons. The first-order chi connectivity index (χ1) is 18.1. The quantitative estimate of drug-likeness (QED) is 0.376. The fourth-order valence-corrected chi connectivity index (χ4v) is 5.35. The first-order valence-electron chi connectivity index (χ1n) is 12.9. The van der Waals surface area contributed by atoms with Crippen molar-refractivity contribution in [3.05, 3.63) is 36.2 Å². The van der Waals surface area contributed by atoms with Crippen LogP contribution in [0.1, 0.15) is 44.4 Å². The molecule has 5 rings (SSSR count). The Morgan fingerprint density at radius 2 is 1.65 bits per heavy atom. The molecule has 3 heterocycles. The van der Waals surface area contributed by atoms with E-state index in [1.54, 1.807) is 30.3 Å². The molecule has 0 amide bonds. The zero-order valence-electron chi connectivity index (χ0n) is 20.6. The summed E-state index contributed by atoms with van der Waals surface area (Å²) in [6.45, 7) is 1.14. The van der Waals surface area contributed by atoms with E-state index in [0.717, 1.165) is 25.7 Å². The molecule has 1 saturated heterocycles. The molecule has 2 aromatic heterocycles. The highest BCUT2D eigenvalue weighted by molar-refractivity contribution is 5.78. The third-order valence-corrected chi connectivity index (χ3v) is 7.33. The summed E-state index contributed by atoms with van der Waals surface area (Å²) in [5.74, 6) is 0.748. The first kappa shape index (κ1) is 25.7. The van der Waals surface area contributed by atoms with E-state index in [1.165, 1.54) is 4.57 Å². The lowest BCUT2D eigenvalue weighted by atomic mass is 9.81. The number of aromatic nitrogens is 4. The summed E-state index contributed by atoms with van der Waals surface area (Å²) in [7, 11) is 0. The van der Waals surface area contributed by atoms with Gasteiger partial charge < -0.3 is 15.0 Å². The first-order valence-corrected chi connectivity index (χ1v) is 12.9. The van der Waals surface area contributed by atoms with Crippen LogP contribution < -0.4 is 10.2 Å². The van der Waals surface area contributed by atoms with Gasteiger partial charge in [-0.2, -0.15) is 9.97 Å². The normalized spacial score (nSPS) is 20.8. The molecule has 3 aromatic rings. The van der Waals surface area contributed by atoms with E-state index in [2.05, 4.69) is 20.2 Å². The van der Waals surface area contributed by atoms with E-state index in [9.17, 15) is 17.6 Å². The van der Waals surface area contributed by atoms with Gasteiger partial charge in [0, 0.05) is 31.1 Å². The van der Waals surface area contributed by atoms with Gasteiger partial charge in [0.1, 0.15) is 11.6 Å². The molecule has 0 unspecified atom stereocenters. The molecule has 2 aliphatic rings. The number of ether oxygens (including phenoxy) is 1. The van der Waals surface area contributed by atoms with Gasteiger partial charge in [-0.3, -0.25) is 13.3 Å². The third-order valence-electron chi connectivity index (χ3n) is 7.33. The number of nitrogens with one attached hydrogen (secondary N) is 1. The molecule has 2 fully saturated rings. The Morgan fingerprint density at radius 1 is 0.946 bits per heavy atom. The minimum Gasteiger partial charge on any atom is -0.378 e. The van der Waals surface area contributed by atoms with Crippen molar-refractivity contribution < 1.29 is 22.3 Å². The van der Waals surface area contributed by atoms with Gasteiger partial charge in [0.05, 0.1) is 37.6 Å². The number of benzene rings is 1. The summed E-state index contributed by atoms with van der Waals surface area (Å²) in [6.07, 6.45) is 1.17. The highest BCUT2D eigenvalue weighted by Gasteiger charge is 2.26. The maximum Gasteiger partial charge on any atom is 0.296 e. The largest absolute Gasteiger partial charge is 0.378 e. The molecule has 0 spiro atoms. The molecule has 1 aromatic carbocycles. The van der Waals surface area contributed by atoms with Crippen LogP contribution in [-0.2, 0) is 4.74 Å². The molecule has 7 nitrogen and oxygen atoms in total. The molecule has 1 N–H and O–H groups in total. The summed E-state index contributed by atoms with van der Waals surface area (Å²) in [5, 5.41) is 3.41. The molecule has 1 saturated carbocycles. The standard InChI is InChI=1S/C26H32F4N6O/c27-15-18(16-28)13-17-5-7-19(8-6-17)31-26-33-22(35-9-11-37-12-10-35)14-23(34-26)36-21-4-2-1-3-20(21)32-25(36)24(29)30/h1-4,14,17-19,24H,5-13,15-16H2,(H,31,33,34). The maximum atomic E-state index is 14.0. The lowest BCUT2D eigenvalue weighted by Crippen LogP contribution is -2.37. The molecule has 0 atom stereocenters. The van der Waals surface area contributed by atoms with Gasteiger partial charge in [0.25, 0.3) is 6.43 Å². The monoisotopic (exact) mass is 520 g/mol. The van der Waals surface area contributed by atoms with Crippen molar-refractivity contribution in [1.29, 1.82) is 0 Å². The Kier molecular flexibility index (Phi) is 8.07. The van der Waals surface area contributed by atoms with E-state index in [4.69, 9.17) is 9.72 Å². The molecular weight excluding hydrogens is 488 g/mol. The van der Waals surface area contributed by atoms with Gasteiger partial charge in [0.2, 0.25) is 5.95 Å². The minimum absolute atomic E-state index is 0.0901. The summed E-state index contributed by atoms with van der Waals surface area (Å²) < 4.78 is 60.9. The molecule has 200 valence electrons. The summed E-state index contributed by atoms with van der Waals surface area (Å²) in [6, 6.07) is 8.82. The number of hydrogen-bond acceptors (Lipinski definition) is 6. The number of anilines is 2. The van der Waals surface area contributed by atoms with Crippen molar-refractivity contribution in [2.24, 2.45) is 11.8 Å². The van der Waals surface area contributed by atoms with Gasteiger partial charge in [-0.05, 0) is 50.2 Å². The van der Waals surface area contributed by atoms with E-state index < -0.39 is 25.7 Å². The number of morpholine rings is 1. The van der Waals surface area contributed by atoms with Crippen molar-refractivity contribution in [1.82, 2.24) is 19.5 Å². The lowest BCUT2D eigenvalue weighted by molar-refractivity contribution is 0.122. The van der Waals surface area contributed by atoms with Crippen molar-refractivity contribution in [2.75, 3.05) is 49.9 Å². The molecule has 1 aliphatic heterocycles. The van der Waals surface area contributed by atoms with Gasteiger partial charge in [-0.15, -0.1) is 0 Å². The number of hydrogen-bond donors (Lipinski definition) is 1. The topological polar surface area (TPSA) is 68.1 Å². The van der Waals surface area contributed by atoms with Crippen LogP contribution >= 0.6 is 0 Å². The van der Waals surface area contributed by atoms with Gasteiger partial charge in [-0.1, -0.05) is 12.1 Å². The summed E-state index contributed by atoms with van der Waals surface area (Å²) in [4.78, 5) is 15.6. The second-order valence-corrected chi connectivity index (χ2v) is 9.87. The van der Waals surface area contributed by atoms with E-state index in [1.807, 2.05) is 0 Å². The van der Waals surface area contributed by atoms with Crippen LogP contribution in [0.3, 0.4) is 0 Å². The maximum absolute atomic E-state index is 14.0. The van der Waals surface area contributed by atoms with Crippen LogP contribution in [0.25, 0.3) is 16.9 Å². The Bertz CT molecular complexity index is 1170. The molecule has 37 heavy (non-hydrogen) atoms. The fraction of sp³-hybridized carbons (Fsp3) is 0.577. The van der Waals surface area contributed by atoms with E-state index in [0.29, 0.717) is 67.3 Å². The number of para-hydroxylation sites is 2. The van der Waals surface area contributed by atoms with Crippen LogP contribution in [0.15, 0.2) is 30.3 Å². The highest BCUT2D eigenvalue weighted by atomic mass is 19.3. The SMILES string of the molecule is FCC(CF)CC1CCC(Nc2nc(N3CCOCC3)cc(-n3c(C(F)F)nc4ccccc43)n2)CC1. The number of rotatable bonds is 9. The molecule has 11 heteroatoms. The van der Waals surface area contributed by atoms with Crippen LogP contribution in [0.4, 0.5) is 29.3 Å². The highest BCUT2D eigenvalue weighted by Crippen LogP contribution is 2.33. The van der Waals surface area contributed by atoms with Crippen LogP contribution in [0.5, 0.6) is 0 Å². The van der Waals surface area contributed by atoms with E-state index in [-0.39, 0.29) is 11.9 Å². The fourth-order valence-electron chi connectivity index (χ4n) is 5.35. The summed E-state index contributed by atoms with van der Waals surface area (Å²) in [5.41, 5.74) is 1.02. The lowest BCUT2D eigenvalue weighted by Gasteiger charge is -2.31. The van der Waals surface area contributed by atoms with Gasteiger partial charge >= 0.3 is 0 Å². The smallest absolute Gasteiger partial charge is 0.296 e. The van der Waals surface area contributed by atoms with Crippen molar-refractivity contribution in [3.63, 3.8) is 0 Å². The molecule has 1 aliphatic carbocycles. The van der Waals surface area contributed by atoms with E-state index >= 15 is 0 Å². The second kappa shape index (κ2) is 11.6. The number of halogens is 4. The Balaban J connectivity index is 1.43. The third kappa shape index (κ3) is 5.81. The van der Waals surface area contributed by atoms with Crippen LogP contribution in [0, 0.1) is 11.8 Å². The predicted molar refractivity (Wildman–Crippen MR) is 134 cm³/mol. The minimum atomic E-state index is -2.78. The van der Waals surface area contributed by atoms with Crippen LogP contribution in [-0.4, -0.2) is 65.2 Å². The zero-order chi connectivity index (χ0) is 25.8. The van der Waals surface area contributed by atoms with Gasteiger partial charge in [0.15, 0.2) is 5.82 Å². The van der Waals surface area contributed by atoms with Gasteiger partial charge in [-0.25, -0.2) is 13.8 Å². The second-order valence-electron chi connectivity index (χ2n) is 9.87. The average Bonchev–Trinajstić information content (AvgIpc) is 3.33. The predicted octanol–water partition coefficient (Wildman–Crippen LogP) is 5.51.